The first-order chi connectivity index (χ1) is 12.1. The van der Waals surface area contributed by atoms with Crippen LogP contribution >= 0.6 is 0 Å². The molecule has 0 radical (unpaired) electrons. The Labute approximate surface area is 145 Å². The van der Waals surface area contributed by atoms with Crippen molar-refractivity contribution in [1.82, 2.24) is 10.5 Å². The quantitative estimate of drug-likeness (QED) is 0.732. The third-order valence-corrected chi connectivity index (χ3v) is 3.96. The first-order valence-corrected chi connectivity index (χ1v) is 8.19. The second-order valence-electron chi connectivity index (χ2n) is 5.98. The fourth-order valence-corrected chi connectivity index (χ4v) is 2.53. The number of nitrogens with one attached hydrogen (secondary N) is 1. The van der Waals surface area contributed by atoms with Gasteiger partial charge in [0.1, 0.15) is 5.82 Å². The highest BCUT2D eigenvalue weighted by atomic mass is 19.1. The molecule has 0 spiro atoms. The molecule has 4 nitrogen and oxygen atoms in total. The minimum absolute atomic E-state index is 0.0127. The van der Waals surface area contributed by atoms with Crippen LogP contribution in [-0.2, 0) is 6.42 Å². The SMILES string of the molecule is C[C@@H](CCc1ccccc1)NC(=O)c1cc(-c2ccc(F)cc2)on1. The third kappa shape index (κ3) is 4.53. The molecule has 1 N–H and O–H groups in total. The molecule has 0 saturated heterocycles. The summed E-state index contributed by atoms with van der Waals surface area (Å²) in [4.78, 5) is 12.3. The van der Waals surface area contributed by atoms with Crippen molar-refractivity contribution in [2.75, 3.05) is 0 Å². The molecule has 25 heavy (non-hydrogen) atoms. The molecule has 3 rings (SSSR count). The molecular weight excluding hydrogens is 319 g/mol. The summed E-state index contributed by atoms with van der Waals surface area (Å²) in [7, 11) is 0. The standard InChI is InChI=1S/C20H19FN2O2/c1-14(7-8-15-5-3-2-4-6-15)22-20(24)18-13-19(25-23-18)16-9-11-17(21)12-10-16/h2-6,9-14H,7-8H2,1H3,(H,22,24)/t14-/m0/s1. The van der Waals surface area contributed by atoms with E-state index < -0.39 is 0 Å². The number of nitrogens with zero attached hydrogens (tertiary/aromatic N) is 1. The number of carbonyl (C=O) groups is 1. The largest absolute Gasteiger partial charge is 0.355 e. The van der Waals surface area contributed by atoms with Gasteiger partial charge in [0.05, 0.1) is 0 Å². The summed E-state index contributed by atoms with van der Waals surface area (Å²) in [5.74, 6) is -0.173. The van der Waals surface area contributed by atoms with E-state index in [9.17, 15) is 9.18 Å². The summed E-state index contributed by atoms with van der Waals surface area (Å²) < 4.78 is 18.2. The van der Waals surface area contributed by atoms with E-state index in [0.29, 0.717) is 11.3 Å². The minimum Gasteiger partial charge on any atom is -0.355 e. The lowest BCUT2D eigenvalue weighted by molar-refractivity contribution is 0.0929. The predicted octanol–water partition coefficient (Wildman–Crippen LogP) is 4.23. The molecule has 0 aliphatic rings. The first-order valence-electron chi connectivity index (χ1n) is 8.19. The Morgan fingerprint density at radius 1 is 1.16 bits per heavy atom. The summed E-state index contributed by atoms with van der Waals surface area (Å²) in [6.07, 6.45) is 1.72. The van der Waals surface area contributed by atoms with Gasteiger partial charge in [-0.3, -0.25) is 4.79 Å². The number of halogens is 1. The van der Waals surface area contributed by atoms with E-state index in [2.05, 4.69) is 22.6 Å². The van der Waals surface area contributed by atoms with Crippen LogP contribution in [0.25, 0.3) is 11.3 Å². The van der Waals surface area contributed by atoms with E-state index in [4.69, 9.17) is 4.52 Å². The molecule has 2 aromatic carbocycles. The molecule has 1 amide bonds. The number of aromatic nitrogens is 1. The van der Waals surface area contributed by atoms with Crippen molar-refractivity contribution in [3.63, 3.8) is 0 Å². The number of aryl methyl sites for hydroxylation is 1. The van der Waals surface area contributed by atoms with Crippen LogP contribution in [0.15, 0.2) is 65.2 Å². The Morgan fingerprint density at radius 2 is 1.88 bits per heavy atom. The number of hydrogen-bond acceptors (Lipinski definition) is 3. The maximum absolute atomic E-state index is 13.0. The molecule has 5 heteroatoms. The molecule has 0 aliphatic heterocycles. The average Bonchev–Trinajstić information content (AvgIpc) is 3.12. The molecule has 0 aliphatic carbocycles. The number of benzene rings is 2. The van der Waals surface area contributed by atoms with Crippen molar-refractivity contribution in [2.45, 2.75) is 25.8 Å². The van der Waals surface area contributed by atoms with Crippen LogP contribution in [0.5, 0.6) is 0 Å². The van der Waals surface area contributed by atoms with Gasteiger partial charge < -0.3 is 9.84 Å². The molecule has 128 valence electrons. The molecule has 1 aromatic heterocycles. The van der Waals surface area contributed by atoms with Crippen LogP contribution in [0.3, 0.4) is 0 Å². The van der Waals surface area contributed by atoms with Crippen molar-refractivity contribution < 1.29 is 13.7 Å². The van der Waals surface area contributed by atoms with Gasteiger partial charge in [-0.25, -0.2) is 4.39 Å². The Morgan fingerprint density at radius 3 is 2.60 bits per heavy atom. The maximum Gasteiger partial charge on any atom is 0.273 e. The molecule has 0 unspecified atom stereocenters. The van der Waals surface area contributed by atoms with E-state index in [1.54, 1.807) is 18.2 Å². The molecule has 1 heterocycles. The van der Waals surface area contributed by atoms with E-state index in [0.717, 1.165) is 12.8 Å². The third-order valence-electron chi connectivity index (χ3n) is 3.96. The van der Waals surface area contributed by atoms with Gasteiger partial charge in [0, 0.05) is 17.7 Å². The number of hydrogen-bond donors (Lipinski definition) is 1. The van der Waals surface area contributed by atoms with Crippen LogP contribution < -0.4 is 5.32 Å². The second-order valence-corrected chi connectivity index (χ2v) is 5.98. The monoisotopic (exact) mass is 338 g/mol. The smallest absolute Gasteiger partial charge is 0.273 e. The fraction of sp³-hybridized carbons (Fsp3) is 0.200. The molecular formula is C20H19FN2O2. The number of amides is 1. The second kappa shape index (κ2) is 7.75. The van der Waals surface area contributed by atoms with Crippen molar-refractivity contribution in [3.05, 3.63) is 77.7 Å². The van der Waals surface area contributed by atoms with Gasteiger partial charge in [-0.05, 0) is 49.6 Å². The normalized spacial score (nSPS) is 11.9. The summed E-state index contributed by atoms with van der Waals surface area (Å²) >= 11 is 0. The molecule has 0 saturated carbocycles. The summed E-state index contributed by atoms with van der Waals surface area (Å²) in [6, 6.07) is 17.5. The van der Waals surface area contributed by atoms with Crippen LogP contribution in [0.4, 0.5) is 4.39 Å². The lowest BCUT2D eigenvalue weighted by Gasteiger charge is -2.12. The van der Waals surface area contributed by atoms with Crippen molar-refractivity contribution in [2.24, 2.45) is 0 Å². The zero-order valence-electron chi connectivity index (χ0n) is 13.9. The van der Waals surface area contributed by atoms with E-state index in [1.807, 2.05) is 25.1 Å². The van der Waals surface area contributed by atoms with Crippen LogP contribution in [0.1, 0.15) is 29.4 Å². The van der Waals surface area contributed by atoms with Gasteiger partial charge >= 0.3 is 0 Å². The van der Waals surface area contributed by atoms with Crippen molar-refractivity contribution >= 4 is 5.91 Å². The van der Waals surface area contributed by atoms with Crippen LogP contribution in [0.2, 0.25) is 0 Å². The zero-order chi connectivity index (χ0) is 17.6. The van der Waals surface area contributed by atoms with Crippen molar-refractivity contribution in [3.8, 4) is 11.3 Å². The van der Waals surface area contributed by atoms with Crippen LogP contribution in [0, 0.1) is 5.82 Å². The highest BCUT2D eigenvalue weighted by Crippen LogP contribution is 2.20. The molecule has 0 bridgehead atoms. The van der Waals surface area contributed by atoms with Gasteiger partial charge in [0.25, 0.3) is 5.91 Å². The Hall–Kier alpha value is -2.95. The lowest BCUT2D eigenvalue weighted by atomic mass is 10.1. The first kappa shape index (κ1) is 16.9. The molecule has 1 atom stereocenters. The molecule has 0 fully saturated rings. The zero-order valence-corrected chi connectivity index (χ0v) is 13.9. The van der Waals surface area contributed by atoms with E-state index in [-0.39, 0.29) is 23.5 Å². The Kier molecular flexibility index (Phi) is 5.23. The van der Waals surface area contributed by atoms with Crippen LogP contribution in [-0.4, -0.2) is 17.1 Å². The summed E-state index contributed by atoms with van der Waals surface area (Å²) in [5, 5.41) is 6.72. The number of carbonyl (C=O) groups excluding carboxylic acids is 1. The lowest BCUT2D eigenvalue weighted by Crippen LogP contribution is -2.33. The highest BCUT2D eigenvalue weighted by Gasteiger charge is 2.15. The maximum atomic E-state index is 13.0. The average molecular weight is 338 g/mol. The van der Waals surface area contributed by atoms with Gasteiger partial charge in [-0.15, -0.1) is 0 Å². The van der Waals surface area contributed by atoms with Gasteiger partial charge in [-0.1, -0.05) is 35.5 Å². The van der Waals surface area contributed by atoms with Gasteiger partial charge in [0.2, 0.25) is 0 Å². The Balaban J connectivity index is 1.57. The Bertz CT molecular complexity index is 828. The highest BCUT2D eigenvalue weighted by molar-refractivity contribution is 5.93. The van der Waals surface area contributed by atoms with Gasteiger partial charge in [0.15, 0.2) is 11.5 Å². The topological polar surface area (TPSA) is 55.1 Å². The minimum atomic E-state index is -0.325. The van der Waals surface area contributed by atoms with E-state index >= 15 is 0 Å². The van der Waals surface area contributed by atoms with Crippen molar-refractivity contribution in [1.29, 1.82) is 0 Å². The van der Waals surface area contributed by atoms with Gasteiger partial charge in [-0.2, -0.15) is 0 Å². The fourth-order valence-electron chi connectivity index (χ4n) is 2.53. The van der Waals surface area contributed by atoms with E-state index in [1.165, 1.54) is 17.7 Å². The predicted molar refractivity (Wildman–Crippen MR) is 93.6 cm³/mol. The molecule has 3 aromatic rings. The summed E-state index contributed by atoms with van der Waals surface area (Å²) in [5.41, 5.74) is 2.12. The summed E-state index contributed by atoms with van der Waals surface area (Å²) in [6.45, 7) is 1.96. The number of rotatable bonds is 6.